The summed E-state index contributed by atoms with van der Waals surface area (Å²) in [7, 11) is 0. The fourth-order valence-corrected chi connectivity index (χ4v) is 3.03. The van der Waals surface area contributed by atoms with Gasteiger partial charge in [-0.1, -0.05) is 18.2 Å². The van der Waals surface area contributed by atoms with Crippen molar-refractivity contribution in [2.75, 3.05) is 13.1 Å². The molecule has 2 heterocycles. The number of carbonyl (C=O) groups excluding carboxylic acids is 1. The fourth-order valence-electron chi connectivity index (χ4n) is 3.03. The highest BCUT2D eigenvalue weighted by molar-refractivity contribution is 5.82. The van der Waals surface area contributed by atoms with Gasteiger partial charge in [0.05, 0.1) is 11.7 Å². The lowest BCUT2D eigenvalue weighted by Gasteiger charge is -2.21. The third kappa shape index (κ3) is 2.29. The van der Waals surface area contributed by atoms with Crippen molar-refractivity contribution in [1.82, 2.24) is 14.7 Å². The molecule has 1 fully saturated rings. The number of nitrogens with two attached hydrogens (primary N) is 1. The smallest absolute Gasteiger partial charge is 0.244 e. The van der Waals surface area contributed by atoms with Crippen molar-refractivity contribution >= 4 is 16.8 Å². The monoisotopic (exact) mass is 272 g/mol. The minimum atomic E-state index is 0.127. The molecule has 2 N–H and O–H groups in total. The molecule has 3 rings (SSSR count). The molecule has 1 aliphatic rings. The Morgan fingerprint density at radius 1 is 1.45 bits per heavy atom. The second kappa shape index (κ2) is 5.25. The molecule has 0 saturated carbocycles. The predicted octanol–water partition coefficient (Wildman–Crippen LogP) is 1.23. The standard InChI is InChI=1S/C15H20N4O/c1-11-6-12(7-16)9-18(11)15(20)10-19-14-5-3-2-4-13(14)8-17-19/h2-5,8,11-12H,6-7,9-10,16H2,1H3. The highest BCUT2D eigenvalue weighted by Crippen LogP contribution is 2.22. The van der Waals surface area contributed by atoms with Crippen LogP contribution in [-0.4, -0.2) is 39.7 Å². The third-order valence-corrected chi connectivity index (χ3v) is 4.15. The lowest BCUT2D eigenvalue weighted by atomic mass is 10.1. The van der Waals surface area contributed by atoms with Crippen molar-refractivity contribution in [3.05, 3.63) is 30.5 Å². The Hall–Kier alpha value is -1.88. The molecule has 0 aliphatic carbocycles. The number of benzene rings is 1. The number of rotatable bonds is 3. The van der Waals surface area contributed by atoms with Gasteiger partial charge < -0.3 is 10.6 Å². The van der Waals surface area contributed by atoms with E-state index in [1.54, 1.807) is 10.9 Å². The average Bonchev–Trinajstić information content (AvgIpc) is 3.03. The van der Waals surface area contributed by atoms with Gasteiger partial charge in [-0.2, -0.15) is 5.10 Å². The fraction of sp³-hybridized carbons (Fsp3) is 0.467. The summed E-state index contributed by atoms with van der Waals surface area (Å²) in [5, 5.41) is 5.38. The number of carbonyl (C=O) groups is 1. The molecule has 2 atom stereocenters. The van der Waals surface area contributed by atoms with Crippen molar-refractivity contribution in [1.29, 1.82) is 0 Å². The lowest BCUT2D eigenvalue weighted by molar-refractivity contribution is -0.132. The van der Waals surface area contributed by atoms with Gasteiger partial charge in [0.1, 0.15) is 6.54 Å². The van der Waals surface area contributed by atoms with Gasteiger partial charge in [-0.05, 0) is 31.9 Å². The molecule has 0 bridgehead atoms. The third-order valence-electron chi connectivity index (χ3n) is 4.15. The molecule has 1 aromatic heterocycles. The van der Waals surface area contributed by atoms with Gasteiger partial charge in [-0.25, -0.2) is 0 Å². The second-order valence-corrected chi connectivity index (χ2v) is 5.59. The molecular formula is C15H20N4O. The van der Waals surface area contributed by atoms with Gasteiger partial charge in [0, 0.05) is 18.0 Å². The Bertz CT molecular complexity index is 621. The molecule has 5 heteroatoms. The zero-order valence-corrected chi connectivity index (χ0v) is 11.7. The number of likely N-dealkylation sites (tertiary alicyclic amines) is 1. The number of nitrogens with zero attached hydrogens (tertiary/aromatic N) is 3. The van der Waals surface area contributed by atoms with Crippen LogP contribution in [0.1, 0.15) is 13.3 Å². The zero-order chi connectivity index (χ0) is 14.1. The highest BCUT2D eigenvalue weighted by Gasteiger charge is 2.31. The summed E-state index contributed by atoms with van der Waals surface area (Å²) in [4.78, 5) is 14.4. The van der Waals surface area contributed by atoms with E-state index >= 15 is 0 Å². The minimum absolute atomic E-state index is 0.127. The lowest BCUT2D eigenvalue weighted by Crippen LogP contribution is -2.37. The maximum atomic E-state index is 12.5. The van der Waals surface area contributed by atoms with Gasteiger partial charge in [-0.3, -0.25) is 9.48 Å². The zero-order valence-electron chi connectivity index (χ0n) is 11.7. The topological polar surface area (TPSA) is 64.2 Å². The van der Waals surface area contributed by atoms with E-state index in [4.69, 9.17) is 5.73 Å². The molecule has 1 aliphatic heterocycles. The summed E-state index contributed by atoms with van der Waals surface area (Å²) < 4.78 is 1.78. The first-order chi connectivity index (χ1) is 9.69. The van der Waals surface area contributed by atoms with E-state index in [-0.39, 0.29) is 11.9 Å². The van der Waals surface area contributed by atoms with Crippen molar-refractivity contribution in [2.45, 2.75) is 25.9 Å². The van der Waals surface area contributed by atoms with Crippen LogP contribution in [0.2, 0.25) is 0 Å². The summed E-state index contributed by atoms with van der Waals surface area (Å²) in [5.41, 5.74) is 6.72. The van der Waals surface area contributed by atoms with Crippen LogP contribution in [0.5, 0.6) is 0 Å². The van der Waals surface area contributed by atoms with E-state index in [0.717, 1.165) is 23.9 Å². The van der Waals surface area contributed by atoms with Gasteiger partial charge in [-0.15, -0.1) is 0 Å². The maximum Gasteiger partial charge on any atom is 0.244 e. The van der Waals surface area contributed by atoms with E-state index in [2.05, 4.69) is 12.0 Å². The molecule has 5 nitrogen and oxygen atoms in total. The normalized spacial score (nSPS) is 22.6. The number of para-hydroxylation sites is 1. The Morgan fingerprint density at radius 3 is 3.00 bits per heavy atom. The summed E-state index contributed by atoms with van der Waals surface area (Å²) in [6.45, 7) is 3.82. The van der Waals surface area contributed by atoms with E-state index < -0.39 is 0 Å². The number of amides is 1. The maximum absolute atomic E-state index is 12.5. The van der Waals surface area contributed by atoms with Gasteiger partial charge in [0.15, 0.2) is 0 Å². The van der Waals surface area contributed by atoms with Gasteiger partial charge in [0.2, 0.25) is 5.91 Å². The Morgan fingerprint density at radius 2 is 2.25 bits per heavy atom. The molecule has 0 radical (unpaired) electrons. The van der Waals surface area contributed by atoms with Crippen molar-refractivity contribution in [2.24, 2.45) is 11.7 Å². The van der Waals surface area contributed by atoms with Crippen LogP contribution in [-0.2, 0) is 11.3 Å². The van der Waals surface area contributed by atoms with Crippen LogP contribution >= 0.6 is 0 Å². The van der Waals surface area contributed by atoms with Crippen molar-refractivity contribution < 1.29 is 4.79 Å². The van der Waals surface area contributed by atoms with E-state index in [1.807, 2.05) is 29.2 Å². The summed E-state index contributed by atoms with van der Waals surface area (Å²) in [6.07, 6.45) is 2.81. The number of fused-ring (bicyclic) bond motifs is 1. The van der Waals surface area contributed by atoms with Crippen LogP contribution in [0.15, 0.2) is 30.5 Å². The predicted molar refractivity (Wildman–Crippen MR) is 78.1 cm³/mol. The molecule has 20 heavy (non-hydrogen) atoms. The van der Waals surface area contributed by atoms with Crippen LogP contribution in [0.25, 0.3) is 10.9 Å². The summed E-state index contributed by atoms with van der Waals surface area (Å²) >= 11 is 0. The van der Waals surface area contributed by atoms with Crippen LogP contribution in [0.3, 0.4) is 0 Å². The van der Waals surface area contributed by atoms with Crippen LogP contribution in [0, 0.1) is 5.92 Å². The molecule has 1 aromatic carbocycles. The van der Waals surface area contributed by atoms with E-state index in [1.165, 1.54) is 0 Å². The summed E-state index contributed by atoms with van der Waals surface area (Å²) in [6, 6.07) is 8.22. The first-order valence-corrected chi connectivity index (χ1v) is 7.09. The molecular weight excluding hydrogens is 252 g/mol. The SMILES string of the molecule is CC1CC(CN)CN1C(=O)Cn1ncc2ccccc21. The van der Waals surface area contributed by atoms with Gasteiger partial charge >= 0.3 is 0 Å². The summed E-state index contributed by atoms with van der Waals surface area (Å²) in [5.74, 6) is 0.561. The van der Waals surface area contributed by atoms with E-state index in [9.17, 15) is 4.79 Å². The van der Waals surface area contributed by atoms with E-state index in [0.29, 0.717) is 19.0 Å². The first kappa shape index (κ1) is 13.1. The molecule has 1 amide bonds. The Balaban J connectivity index is 1.76. The number of hydrogen-bond acceptors (Lipinski definition) is 3. The first-order valence-electron chi connectivity index (χ1n) is 7.09. The highest BCUT2D eigenvalue weighted by atomic mass is 16.2. The largest absolute Gasteiger partial charge is 0.338 e. The molecule has 1 saturated heterocycles. The number of aromatic nitrogens is 2. The molecule has 2 aromatic rings. The Labute approximate surface area is 118 Å². The molecule has 0 spiro atoms. The van der Waals surface area contributed by atoms with Crippen LogP contribution in [0.4, 0.5) is 0 Å². The average molecular weight is 272 g/mol. The molecule has 106 valence electrons. The molecule has 2 unspecified atom stereocenters. The van der Waals surface area contributed by atoms with Crippen LogP contribution < -0.4 is 5.73 Å². The van der Waals surface area contributed by atoms with Gasteiger partial charge in [0.25, 0.3) is 0 Å². The van der Waals surface area contributed by atoms with Crippen molar-refractivity contribution in [3.8, 4) is 0 Å². The minimum Gasteiger partial charge on any atom is -0.338 e. The number of hydrogen-bond donors (Lipinski definition) is 1. The quantitative estimate of drug-likeness (QED) is 0.914. The Kier molecular flexibility index (Phi) is 3.44. The van der Waals surface area contributed by atoms with Crippen molar-refractivity contribution in [3.63, 3.8) is 0 Å². The second-order valence-electron chi connectivity index (χ2n) is 5.59.